The van der Waals surface area contributed by atoms with Gasteiger partial charge in [0.05, 0.1) is 11.8 Å². The third kappa shape index (κ3) is 3.63. The summed E-state index contributed by atoms with van der Waals surface area (Å²) in [7, 11) is 0. The molecule has 1 aromatic heterocycles. The molecule has 1 heterocycles. The molecule has 1 N–H and O–H groups in total. The van der Waals surface area contributed by atoms with Gasteiger partial charge in [-0.05, 0) is 60.9 Å². The molecule has 0 unspecified atom stereocenters. The van der Waals surface area contributed by atoms with Gasteiger partial charge < -0.3 is 9.73 Å². The van der Waals surface area contributed by atoms with Gasteiger partial charge in [0.2, 0.25) is 0 Å². The molecule has 0 aliphatic rings. The van der Waals surface area contributed by atoms with E-state index in [0.29, 0.717) is 11.3 Å². The lowest BCUT2D eigenvalue weighted by atomic mass is 10.0. The van der Waals surface area contributed by atoms with E-state index in [1.807, 2.05) is 68.4 Å². The summed E-state index contributed by atoms with van der Waals surface area (Å²) in [6, 6.07) is 19.1. The number of carbonyl (C=O) groups excluding carboxylic acids is 1. The first kappa shape index (κ1) is 15.8. The van der Waals surface area contributed by atoms with E-state index in [1.165, 1.54) is 5.56 Å². The maximum absolute atomic E-state index is 12.8. The lowest BCUT2D eigenvalue weighted by Crippen LogP contribution is -2.13. The van der Waals surface area contributed by atoms with Crippen LogP contribution in [0.3, 0.4) is 0 Å². The van der Waals surface area contributed by atoms with Crippen molar-refractivity contribution in [1.82, 2.24) is 0 Å². The minimum Gasteiger partial charge on any atom is -0.465 e. The number of anilines is 1. The second kappa shape index (κ2) is 7.01. The molecule has 1 amide bonds. The fraction of sp³-hybridized carbons (Fsp3) is 0.0952. The first-order valence-electron chi connectivity index (χ1n) is 7.83. The summed E-state index contributed by atoms with van der Waals surface area (Å²) in [6.07, 6.45) is 3.35. The molecule has 0 atom stereocenters. The van der Waals surface area contributed by atoms with Crippen LogP contribution in [-0.4, -0.2) is 5.91 Å². The van der Waals surface area contributed by atoms with E-state index in [1.54, 1.807) is 18.4 Å². The first-order valence-corrected chi connectivity index (χ1v) is 7.83. The number of hydrogen-bond donors (Lipinski definition) is 1. The molecule has 3 nitrogen and oxygen atoms in total. The summed E-state index contributed by atoms with van der Waals surface area (Å²) in [5.74, 6) is 0.477. The van der Waals surface area contributed by atoms with E-state index in [4.69, 9.17) is 4.42 Å². The smallest absolute Gasteiger partial charge is 0.256 e. The van der Waals surface area contributed by atoms with Crippen LogP contribution in [-0.2, 0) is 4.79 Å². The van der Waals surface area contributed by atoms with Crippen LogP contribution in [0.25, 0.3) is 11.6 Å². The Balaban J connectivity index is 1.93. The number of amides is 1. The minimum absolute atomic E-state index is 0.166. The van der Waals surface area contributed by atoms with Crippen LogP contribution < -0.4 is 5.32 Å². The standard InChI is InChI=1S/C21H19NO2/c1-15-10-11-18(13-16(15)2)22-21(23)20(14-19-9-6-12-24-19)17-7-4-3-5-8-17/h3-14H,1-2H3,(H,22,23). The predicted octanol–water partition coefficient (Wildman–Crippen LogP) is 5.08. The number of aryl methyl sites for hydroxylation is 2. The highest BCUT2D eigenvalue weighted by molar-refractivity contribution is 6.29. The highest BCUT2D eigenvalue weighted by Crippen LogP contribution is 2.22. The molecule has 3 heteroatoms. The second-order valence-electron chi connectivity index (χ2n) is 5.69. The SMILES string of the molecule is Cc1ccc(NC(=O)C(=Cc2ccco2)c2ccccc2)cc1C. The van der Waals surface area contributed by atoms with Crippen LogP contribution in [0.1, 0.15) is 22.5 Å². The predicted molar refractivity (Wildman–Crippen MR) is 97.6 cm³/mol. The van der Waals surface area contributed by atoms with Gasteiger partial charge in [0.25, 0.3) is 5.91 Å². The monoisotopic (exact) mass is 317 g/mol. The lowest BCUT2D eigenvalue weighted by molar-refractivity contribution is -0.111. The Labute approximate surface area is 141 Å². The molecule has 2 aromatic carbocycles. The Morgan fingerprint density at radius 1 is 0.958 bits per heavy atom. The molecule has 0 bridgehead atoms. The van der Waals surface area contributed by atoms with Crippen molar-refractivity contribution in [3.05, 3.63) is 89.4 Å². The fourth-order valence-corrected chi connectivity index (χ4v) is 2.43. The van der Waals surface area contributed by atoms with Crippen molar-refractivity contribution in [2.45, 2.75) is 13.8 Å². The van der Waals surface area contributed by atoms with Crippen LogP contribution in [0, 0.1) is 13.8 Å². The number of hydrogen-bond acceptors (Lipinski definition) is 2. The third-order valence-corrected chi connectivity index (χ3v) is 3.92. The van der Waals surface area contributed by atoms with Crippen molar-refractivity contribution < 1.29 is 9.21 Å². The molecule has 0 aliphatic carbocycles. The molecule has 0 spiro atoms. The maximum Gasteiger partial charge on any atom is 0.256 e. The molecular formula is C21H19NO2. The summed E-state index contributed by atoms with van der Waals surface area (Å²) in [4.78, 5) is 12.8. The quantitative estimate of drug-likeness (QED) is 0.682. The molecule has 0 saturated heterocycles. The van der Waals surface area contributed by atoms with Crippen LogP contribution in [0.5, 0.6) is 0 Å². The number of nitrogens with one attached hydrogen (secondary N) is 1. The number of furan rings is 1. The van der Waals surface area contributed by atoms with Gasteiger partial charge in [-0.1, -0.05) is 36.4 Å². The molecule has 0 saturated carbocycles. The zero-order chi connectivity index (χ0) is 16.9. The van der Waals surface area contributed by atoms with Crippen molar-refractivity contribution in [2.24, 2.45) is 0 Å². The molecule has 3 rings (SSSR count). The van der Waals surface area contributed by atoms with Gasteiger partial charge in [0, 0.05) is 5.69 Å². The lowest BCUT2D eigenvalue weighted by Gasteiger charge is -2.10. The van der Waals surface area contributed by atoms with Crippen molar-refractivity contribution >= 4 is 23.2 Å². The van der Waals surface area contributed by atoms with Gasteiger partial charge in [0.15, 0.2) is 0 Å². The molecule has 0 radical (unpaired) electrons. The Kier molecular flexibility index (Phi) is 4.62. The normalized spacial score (nSPS) is 11.3. The second-order valence-corrected chi connectivity index (χ2v) is 5.69. The average Bonchev–Trinajstić information content (AvgIpc) is 3.10. The Morgan fingerprint density at radius 3 is 2.42 bits per heavy atom. The Hall–Kier alpha value is -3.07. The molecule has 3 aromatic rings. The molecule has 24 heavy (non-hydrogen) atoms. The summed E-state index contributed by atoms with van der Waals surface area (Å²) < 4.78 is 5.36. The fourth-order valence-electron chi connectivity index (χ4n) is 2.43. The van der Waals surface area contributed by atoms with Crippen molar-refractivity contribution in [3.8, 4) is 0 Å². The topological polar surface area (TPSA) is 42.2 Å². The van der Waals surface area contributed by atoms with Crippen LogP contribution in [0.2, 0.25) is 0 Å². The summed E-state index contributed by atoms with van der Waals surface area (Å²) in [5, 5.41) is 2.97. The van der Waals surface area contributed by atoms with Gasteiger partial charge in [-0.25, -0.2) is 0 Å². The third-order valence-electron chi connectivity index (χ3n) is 3.92. The highest BCUT2D eigenvalue weighted by Gasteiger charge is 2.13. The van der Waals surface area contributed by atoms with E-state index in [-0.39, 0.29) is 5.91 Å². The summed E-state index contributed by atoms with van der Waals surface area (Å²) in [5.41, 5.74) is 4.52. The van der Waals surface area contributed by atoms with Gasteiger partial charge >= 0.3 is 0 Å². The van der Waals surface area contributed by atoms with Crippen LogP contribution in [0.4, 0.5) is 5.69 Å². The van der Waals surface area contributed by atoms with Crippen molar-refractivity contribution in [3.63, 3.8) is 0 Å². The molecule has 120 valence electrons. The Morgan fingerprint density at radius 2 is 1.75 bits per heavy atom. The van der Waals surface area contributed by atoms with Gasteiger partial charge in [-0.3, -0.25) is 4.79 Å². The molecule has 0 fully saturated rings. The first-order chi connectivity index (χ1) is 11.6. The molecule has 0 aliphatic heterocycles. The highest BCUT2D eigenvalue weighted by atomic mass is 16.3. The maximum atomic E-state index is 12.8. The Bertz CT molecular complexity index is 862. The molecular weight excluding hydrogens is 298 g/mol. The summed E-state index contributed by atoms with van der Waals surface area (Å²) >= 11 is 0. The van der Waals surface area contributed by atoms with Crippen molar-refractivity contribution in [2.75, 3.05) is 5.32 Å². The number of benzene rings is 2. The van der Waals surface area contributed by atoms with E-state index < -0.39 is 0 Å². The zero-order valence-electron chi connectivity index (χ0n) is 13.7. The van der Waals surface area contributed by atoms with Gasteiger partial charge in [-0.15, -0.1) is 0 Å². The minimum atomic E-state index is -0.166. The van der Waals surface area contributed by atoms with Crippen LogP contribution >= 0.6 is 0 Å². The zero-order valence-corrected chi connectivity index (χ0v) is 13.7. The largest absolute Gasteiger partial charge is 0.465 e. The van der Waals surface area contributed by atoms with E-state index >= 15 is 0 Å². The number of rotatable bonds is 4. The van der Waals surface area contributed by atoms with Crippen molar-refractivity contribution in [1.29, 1.82) is 0 Å². The van der Waals surface area contributed by atoms with E-state index in [0.717, 1.165) is 16.8 Å². The van der Waals surface area contributed by atoms with E-state index in [9.17, 15) is 4.79 Å². The number of carbonyl (C=O) groups is 1. The average molecular weight is 317 g/mol. The van der Waals surface area contributed by atoms with Gasteiger partial charge in [-0.2, -0.15) is 0 Å². The van der Waals surface area contributed by atoms with Gasteiger partial charge in [0.1, 0.15) is 5.76 Å². The van der Waals surface area contributed by atoms with Crippen LogP contribution in [0.15, 0.2) is 71.3 Å². The summed E-state index contributed by atoms with van der Waals surface area (Å²) in [6.45, 7) is 4.08. The van der Waals surface area contributed by atoms with E-state index in [2.05, 4.69) is 5.32 Å².